The maximum atomic E-state index is 12.7. The molecular weight excluding hydrogens is 290 g/mol. The van der Waals surface area contributed by atoms with E-state index >= 15 is 0 Å². The average molecular weight is 300 g/mol. The van der Waals surface area contributed by atoms with E-state index in [-0.39, 0.29) is 6.54 Å². The summed E-state index contributed by atoms with van der Waals surface area (Å²) in [4.78, 5) is 1.12. The van der Waals surface area contributed by atoms with Gasteiger partial charge in [0.25, 0.3) is 0 Å². The Bertz CT molecular complexity index is 364. The molecule has 1 aromatic rings. The van der Waals surface area contributed by atoms with Crippen LogP contribution in [-0.2, 0) is 6.54 Å². The lowest BCUT2D eigenvalue weighted by atomic mass is 10.2. The quantitative estimate of drug-likeness (QED) is 0.771. The Morgan fingerprint density at radius 3 is 2.44 bits per heavy atom. The summed E-state index contributed by atoms with van der Waals surface area (Å²) >= 11 is 3.11. The van der Waals surface area contributed by atoms with E-state index in [0.717, 1.165) is 4.90 Å². The zero-order chi connectivity index (χ0) is 12.3. The third-order valence-corrected chi connectivity index (χ3v) is 2.64. The maximum absolute atomic E-state index is 12.7. The molecule has 16 heavy (non-hydrogen) atoms. The smallest absolute Gasteiger partial charge is 0.294 e. The molecule has 0 aromatic heterocycles. The number of hydrogen-bond acceptors (Lipinski definition) is 1. The summed E-state index contributed by atoms with van der Waals surface area (Å²) in [7, 11) is 1.36. The first-order valence-electron chi connectivity index (χ1n) is 4.47. The van der Waals surface area contributed by atoms with Crippen LogP contribution in [0.15, 0.2) is 22.7 Å². The van der Waals surface area contributed by atoms with Crippen LogP contribution in [0.2, 0.25) is 0 Å². The minimum atomic E-state index is -4.22. The van der Waals surface area contributed by atoms with Gasteiger partial charge in [-0.3, -0.25) is 4.90 Å². The Kier molecular flexibility index (Phi) is 4.32. The molecule has 0 spiro atoms. The highest BCUT2D eigenvalue weighted by molar-refractivity contribution is 9.10. The molecular formula is C10H10BrF4N. The second-order valence-corrected chi connectivity index (χ2v) is 4.38. The van der Waals surface area contributed by atoms with E-state index in [2.05, 4.69) is 15.9 Å². The second kappa shape index (κ2) is 5.14. The Balaban J connectivity index is 2.66. The van der Waals surface area contributed by atoms with E-state index in [1.165, 1.54) is 25.2 Å². The van der Waals surface area contributed by atoms with Crippen molar-refractivity contribution in [3.8, 4) is 0 Å². The molecule has 6 heteroatoms. The van der Waals surface area contributed by atoms with Gasteiger partial charge in [0, 0.05) is 11.0 Å². The highest BCUT2D eigenvalue weighted by atomic mass is 79.9. The van der Waals surface area contributed by atoms with Crippen LogP contribution >= 0.6 is 15.9 Å². The largest absolute Gasteiger partial charge is 0.401 e. The number of rotatable bonds is 3. The highest BCUT2D eigenvalue weighted by Crippen LogP contribution is 2.21. The molecule has 0 saturated heterocycles. The summed E-state index contributed by atoms with van der Waals surface area (Å²) in [6, 6.07) is 3.92. The number of nitrogens with zero attached hydrogens (tertiary/aromatic N) is 1. The van der Waals surface area contributed by atoms with Crippen molar-refractivity contribution < 1.29 is 17.6 Å². The lowest BCUT2D eigenvalue weighted by molar-refractivity contribution is -0.144. The molecule has 1 rings (SSSR count). The Labute approximate surface area is 99.2 Å². The Morgan fingerprint density at radius 1 is 1.31 bits per heavy atom. The second-order valence-electron chi connectivity index (χ2n) is 3.52. The first-order chi connectivity index (χ1) is 7.28. The first-order valence-corrected chi connectivity index (χ1v) is 5.26. The van der Waals surface area contributed by atoms with Gasteiger partial charge in [0.1, 0.15) is 5.82 Å². The Hall–Kier alpha value is -0.620. The van der Waals surface area contributed by atoms with Crippen LogP contribution in [0.4, 0.5) is 17.6 Å². The van der Waals surface area contributed by atoms with Crippen LogP contribution in [0.25, 0.3) is 0 Å². The molecule has 0 N–H and O–H groups in total. The van der Waals surface area contributed by atoms with Gasteiger partial charge in [-0.25, -0.2) is 4.39 Å². The van der Waals surface area contributed by atoms with Gasteiger partial charge >= 0.3 is 6.18 Å². The minimum Gasteiger partial charge on any atom is -0.294 e. The zero-order valence-electron chi connectivity index (χ0n) is 8.48. The SMILES string of the molecule is CN(Cc1ccc(F)cc1Br)CC(F)(F)F. The normalized spacial score (nSPS) is 12.2. The fourth-order valence-electron chi connectivity index (χ4n) is 1.30. The summed E-state index contributed by atoms with van der Waals surface area (Å²) in [5.41, 5.74) is 0.619. The van der Waals surface area contributed by atoms with Crippen molar-refractivity contribution in [2.24, 2.45) is 0 Å². The molecule has 0 unspecified atom stereocenters. The van der Waals surface area contributed by atoms with Gasteiger partial charge in [0.05, 0.1) is 6.54 Å². The fourth-order valence-corrected chi connectivity index (χ4v) is 1.78. The number of alkyl halides is 3. The number of hydrogen-bond donors (Lipinski definition) is 0. The fraction of sp³-hybridized carbons (Fsp3) is 0.400. The topological polar surface area (TPSA) is 3.24 Å². The van der Waals surface area contributed by atoms with Gasteiger partial charge < -0.3 is 0 Å². The van der Waals surface area contributed by atoms with E-state index in [1.54, 1.807) is 0 Å². The lowest BCUT2D eigenvalue weighted by Crippen LogP contribution is -2.30. The maximum Gasteiger partial charge on any atom is 0.401 e. The zero-order valence-corrected chi connectivity index (χ0v) is 10.1. The van der Waals surface area contributed by atoms with Crippen molar-refractivity contribution in [1.29, 1.82) is 0 Å². The van der Waals surface area contributed by atoms with E-state index in [1.807, 2.05) is 0 Å². The van der Waals surface area contributed by atoms with Crippen molar-refractivity contribution in [2.45, 2.75) is 12.7 Å². The van der Waals surface area contributed by atoms with E-state index in [4.69, 9.17) is 0 Å². The van der Waals surface area contributed by atoms with E-state index in [9.17, 15) is 17.6 Å². The monoisotopic (exact) mass is 299 g/mol. The van der Waals surface area contributed by atoms with E-state index < -0.39 is 18.5 Å². The molecule has 0 aliphatic heterocycles. The molecule has 0 aliphatic carbocycles. The van der Waals surface area contributed by atoms with Crippen LogP contribution in [-0.4, -0.2) is 24.7 Å². The van der Waals surface area contributed by atoms with Crippen molar-refractivity contribution in [3.63, 3.8) is 0 Å². The number of halogens is 5. The van der Waals surface area contributed by atoms with Crippen LogP contribution in [0.1, 0.15) is 5.56 Å². The Morgan fingerprint density at radius 2 is 1.94 bits per heavy atom. The molecule has 0 aliphatic rings. The van der Waals surface area contributed by atoms with Crippen molar-refractivity contribution in [1.82, 2.24) is 4.90 Å². The standard InChI is InChI=1S/C10H10BrF4N/c1-16(6-10(13,14)15)5-7-2-3-8(12)4-9(7)11/h2-4H,5-6H2,1H3. The predicted octanol–water partition coefficient (Wildman–Crippen LogP) is 3.58. The van der Waals surface area contributed by atoms with Crippen molar-refractivity contribution in [2.75, 3.05) is 13.6 Å². The van der Waals surface area contributed by atoms with Gasteiger partial charge in [-0.15, -0.1) is 0 Å². The van der Waals surface area contributed by atoms with Crippen LogP contribution in [0, 0.1) is 5.82 Å². The third kappa shape index (κ3) is 4.49. The van der Waals surface area contributed by atoms with Gasteiger partial charge in [0.15, 0.2) is 0 Å². The molecule has 1 aromatic carbocycles. The van der Waals surface area contributed by atoms with Gasteiger partial charge in [-0.05, 0) is 24.7 Å². The summed E-state index contributed by atoms with van der Waals surface area (Å²) in [5, 5.41) is 0. The average Bonchev–Trinajstić information content (AvgIpc) is 2.06. The molecule has 0 atom stereocenters. The van der Waals surface area contributed by atoms with Crippen LogP contribution < -0.4 is 0 Å². The van der Waals surface area contributed by atoms with Crippen LogP contribution in [0.3, 0.4) is 0 Å². The van der Waals surface area contributed by atoms with Gasteiger partial charge in [0.2, 0.25) is 0 Å². The summed E-state index contributed by atoms with van der Waals surface area (Å²) in [6.45, 7) is -0.878. The molecule has 0 radical (unpaired) electrons. The highest BCUT2D eigenvalue weighted by Gasteiger charge is 2.29. The van der Waals surface area contributed by atoms with Gasteiger partial charge in [-0.1, -0.05) is 22.0 Å². The van der Waals surface area contributed by atoms with E-state index in [0.29, 0.717) is 10.0 Å². The minimum absolute atomic E-state index is 0.111. The van der Waals surface area contributed by atoms with Crippen LogP contribution in [0.5, 0.6) is 0 Å². The molecule has 0 heterocycles. The summed E-state index contributed by atoms with van der Waals surface area (Å²) in [6.07, 6.45) is -4.22. The molecule has 0 saturated carbocycles. The molecule has 90 valence electrons. The van der Waals surface area contributed by atoms with Gasteiger partial charge in [-0.2, -0.15) is 13.2 Å². The molecule has 0 amide bonds. The third-order valence-electron chi connectivity index (χ3n) is 1.90. The van der Waals surface area contributed by atoms with Crippen molar-refractivity contribution >= 4 is 15.9 Å². The summed E-state index contributed by atoms with van der Waals surface area (Å²) in [5.74, 6) is -0.422. The predicted molar refractivity (Wildman–Crippen MR) is 56.5 cm³/mol. The molecule has 0 fully saturated rings. The lowest BCUT2D eigenvalue weighted by Gasteiger charge is -2.19. The summed E-state index contributed by atoms with van der Waals surface area (Å²) < 4.78 is 49.4. The number of benzene rings is 1. The molecule has 1 nitrogen and oxygen atoms in total. The molecule has 0 bridgehead atoms. The first kappa shape index (κ1) is 13.4. The van der Waals surface area contributed by atoms with Crippen molar-refractivity contribution in [3.05, 3.63) is 34.1 Å².